The van der Waals surface area contributed by atoms with E-state index in [1.165, 1.54) is 6.07 Å². The molecule has 3 heterocycles. The number of fused-ring (bicyclic) bond motifs is 2. The minimum atomic E-state index is -0.630. The van der Waals surface area contributed by atoms with E-state index in [0.29, 0.717) is 52.4 Å². The van der Waals surface area contributed by atoms with Crippen LogP contribution in [-0.2, 0) is 9.47 Å². The summed E-state index contributed by atoms with van der Waals surface area (Å²) in [5.74, 6) is -1.19. The Morgan fingerprint density at radius 3 is 2.41 bits per heavy atom. The number of hydrogen-bond donors (Lipinski definition) is 0. The molecule has 1 unspecified atom stereocenters. The summed E-state index contributed by atoms with van der Waals surface area (Å²) in [5, 5.41) is 5.23. The molecule has 0 aliphatic carbocycles. The van der Waals surface area contributed by atoms with E-state index in [1.54, 1.807) is 35.1 Å². The zero-order chi connectivity index (χ0) is 33.0. The third-order valence-corrected chi connectivity index (χ3v) is 8.21. The monoisotopic (exact) mass is 632 g/mol. The van der Waals surface area contributed by atoms with Crippen LogP contribution in [-0.4, -0.2) is 46.1 Å². The van der Waals surface area contributed by atoms with Crippen molar-refractivity contribution in [3.05, 3.63) is 71.9 Å². The SMILES string of the molecule is CC(C)Oc1cc(N2c3cc4cnn(C5CCCCO5)c4c(F)c3N(c3ccc(C(=O)OC(C)(C)C)cc3)CC2(C)C)ccc1F. The van der Waals surface area contributed by atoms with Crippen molar-refractivity contribution in [2.24, 2.45) is 0 Å². The molecular weight excluding hydrogens is 590 g/mol. The molecule has 0 saturated carbocycles. The van der Waals surface area contributed by atoms with Gasteiger partial charge in [0.05, 0.1) is 29.1 Å². The molecule has 8 nitrogen and oxygen atoms in total. The fraction of sp³-hybridized carbons (Fsp3) is 0.444. The zero-order valence-electron chi connectivity index (χ0n) is 27.6. The van der Waals surface area contributed by atoms with Gasteiger partial charge in [-0.15, -0.1) is 0 Å². The first-order valence-electron chi connectivity index (χ1n) is 15.9. The molecule has 0 spiro atoms. The van der Waals surface area contributed by atoms with Gasteiger partial charge < -0.3 is 24.0 Å². The number of carbonyl (C=O) groups is 1. The number of ether oxygens (including phenoxy) is 3. The summed E-state index contributed by atoms with van der Waals surface area (Å²) >= 11 is 0. The second-order valence-electron chi connectivity index (χ2n) is 14.0. The Morgan fingerprint density at radius 2 is 1.76 bits per heavy atom. The summed E-state index contributed by atoms with van der Waals surface area (Å²) in [4.78, 5) is 16.7. The lowest BCUT2D eigenvalue weighted by Gasteiger charge is -2.50. The van der Waals surface area contributed by atoms with Crippen LogP contribution in [0.2, 0.25) is 0 Å². The van der Waals surface area contributed by atoms with Crippen molar-refractivity contribution >= 4 is 39.6 Å². The zero-order valence-corrected chi connectivity index (χ0v) is 27.6. The summed E-state index contributed by atoms with van der Waals surface area (Å²) in [6, 6.07) is 13.7. The van der Waals surface area contributed by atoms with Gasteiger partial charge in [-0.1, -0.05) is 0 Å². The van der Waals surface area contributed by atoms with Gasteiger partial charge in [-0.3, -0.25) is 0 Å². The molecule has 1 aromatic heterocycles. The van der Waals surface area contributed by atoms with Crippen LogP contribution in [0.15, 0.2) is 54.7 Å². The molecule has 1 saturated heterocycles. The maximum atomic E-state index is 17.2. The average molecular weight is 633 g/mol. The van der Waals surface area contributed by atoms with Gasteiger partial charge in [-0.05, 0) is 110 Å². The van der Waals surface area contributed by atoms with Crippen molar-refractivity contribution in [2.75, 3.05) is 23.0 Å². The van der Waals surface area contributed by atoms with Gasteiger partial charge in [0.15, 0.2) is 23.6 Å². The molecule has 0 N–H and O–H groups in total. The molecule has 0 amide bonds. The minimum Gasteiger partial charge on any atom is -0.488 e. The first-order valence-corrected chi connectivity index (χ1v) is 15.9. The van der Waals surface area contributed by atoms with E-state index in [-0.39, 0.29) is 18.1 Å². The number of halogens is 2. The van der Waals surface area contributed by atoms with Crippen molar-refractivity contribution in [3.8, 4) is 5.75 Å². The first kappa shape index (κ1) is 31.8. The topological polar surface area (TPSA) is 69.1 Å². The molecule has 0 radical (unpaired) electrons. The lowest BCUT2D eigenvalue weighted by atomic mass is 9.93. The first-order chi connectivity index (χ1) is 21.7. The molecule has 2 aliphatic rings. The molecule has 1 atom stereocenters. The van der Waals surface area contributed by atoms with Crippen LogP contribution in [0.25, 0.3) is 10.9 Å². The maximum absolute atomic E-state index is 17.2. The molecule has 3 aromatic carbocycles. The summed E-state index contributed by atoms with van der Waals surface area (Å²) in [6.45, 7) is 14.3. The standard InChI is InChI=1S/C36H42F2N4O4/c1-22(2)45-29-19-26(15-16-27(29)37)41-28-18-24-20-39-42(30-10-8-9-17-44-30)32(24)31(38)33(28)40(21-36(41,6)7)25-13-11-23(12-14-25)34(43)46-35(3,4)5/h11-16,18-20,22,30H,8-10,17,21H2,1-7H3. The molecule has 244 valence electrons. The largest absolute Gasteiger partial charge is 0.488 e. The van der Waals surface area contributed by atoms with Crippen molar-refractivity contribution in [2.45, 2.75) is 91.2 Å². The second kappa shape index (κ2) is 11.9. The number of anilines is 4. The molecule has 4 aromatic rings. The fourth-order valence-electron chi connectivity index (χ4n) is 6.37. The van der Waals surface area contributed by atoms with Gasteiger partial charge in [0, 0.05) is 36.0 Å². The second-order valence-corrected chi connectivity index (χ2v) is 14.0. The number of esters is 1. The van der Waals surface area contributed by atoms with E-state index in [2.05, 4.69) is 18.9 Å². The van der Waals surface area contributed by atoms with E-state index in [0.717, 1.165) is 19.3 Å². The van der Waals surface area contributed by atoms with E-state index < -0.39 is 28.7 Å². The van der Waals surface area contributed by atoms with Crippen LogP contribution in [0, 0.1) is 11.6 Å². The van der Waals surface area contributed by atoms with Gasteiger partial charge in [-0.25, -0.2) is 18.3 Å². The Kier molecular flexibility index (Phi) is 8.21. The Labute approximate surface area is 268 Å². The fourth-order valence-corrected chi connectivity index (χ4v) is 6.37. The number of rotatable bonds is 6. The van der Waals surface area contributed by atoms with Crippen molar-refractivity contribution in [1.29, 1.82) is 0 Å². The number of hydrogen-bond acceptors (Lipinski definition) is 7. The van der Waals surface area contributed by atoms with Gasteiger partial charge in [0.25, 0.3) is 0 Å². The summed E-state index contributed by atoms with van der Waals surface area (Å²) in [7, 11) is 0. The third kappa shape index (κ3) is 6.02. The number of nitrogens with zero attached hydrogens (tertiary/aromatic N) is 4. The van der Waals surface area contributed by atoms with Gasteiger partial charge in [-0.2, -0.15) is 5.10 Å². The van der Waals surface area contributed by atoms with Crippen LogP contribution >= 0.6 is 0 Å². The predicted molar refractivity (Wildman–Crippen MR) is 176 cm³/mol. The Balaban J connectivity index is 1.52. The Hall–Kier alpha value is -4.18. The molecule has 46 heavy (non-hydrogen) atoms. The van der Waals surface area contributed by atoms with Gasteiger partial charge in [0.1, 0.15) is 16.8 Å². The molecule has 0 bridgehead atoms. The Bertz CT molecular complexity index is 1750. The highest BCUT2D eigenvalue weighted by Crippen LogP contribution is 2.51. The highest BCUT2D eigenvalue weighted by Gasteiger charge is 2.41. The van der Waals surface area contributed by atoms with Crippen molar-refractivity contribution in [1.82, 2.24) is 9.78 Å². The van der Waals surface area contributed by atoms with Crippen molar-refractivity contribution < 1.29 is 27.8 Å². The smallest absolute Gasteiger partial charge is 0.338 e. The number of carbonyl (C=O) groups excluding carboxylic acids is 1. The highest BCUT2D eigenvalue weighted by molar-refractivity contribution is 5.97. The van der Waals surface area contributed by atoms with Crippen LogP contribution < -0.4 is 14.5 Å². The van der Waals surface area contributed by atoms with Crippen LogP contribution in [0.3, 0.4) is 0 Å². The van der Waals surface area contributed by atoms with E-state index >= 15 is 4.39 Å². The molecule has 2 aliphatic heterocycles. The van der Waals surface area contributed by atoms with Gasteiger partial charge >= 0.3 is 5.97 Å². The van der Waals surface area contributed by atoms with Crippen LogP contribution in [0.1, 0.15) is 84.3 Å². The number of benzene rings is 3. The average Bonchev–Trinajstić information content (AvgIpc) is 3.42. The van der Waals surface area contributed by atoms with Gasteiger partial charge in [0.2, 0.25) is 0 Å². The number of aromatic nitrogens is 2. The molecular formula is C36H42F2N4O4. The van der Waals surface area contributed by atoms with Crippen LogP contribution in [0.5, 0.6) is 5.75 Å². The molecule has 10 heteroatoms. The molecule has 6 rings (SSSR count). The summed E-state index contributed by atoms with van der Waals surface area (Å²) in [5.41, 5.74) is 1.87. The predicted octanol–water partition coefficient (Wildman–Crippen LogP) is 8.82. The lowest BCUT2D eigenvalue weighted by molar-refractivity contribution is -0.0369. The summed E-state index contributed by atoms with van der Waals surface area (Å²) < 4.78 is 51.1. The molecule has 1 fully saturated rings. The van der Waals surface area contributed by atoms with Crippen molar-refractivity contribution in [3.63, 3.8) is 0 Å². The van der Waals surface area contributed by atoms with E-state index in [4.69, 9.17) is 14.2 Å². The van der Waals surface area contributed by atoms with E-state index in [1.807, 2.05) is 62.6 Å². The van der Waals surface area contributed by atoms with Crippen LogP contribution in [0.4, 0.5) is 31.5 Å². The third-order valence-electron chi connectivity index (χ3n) is 8.21. The maximum Gasteiger partial charge on any atom is 0.338 e. The minimum absolute atomic E-state index is 0.133. The normalized spacial score (nSPS) is 18.2. The van der Waals surface area contributed by atoms with E-state index in [9.17, 15) is 9.18 Å². The Morgan fingerprint density at radius 1 is 1.04 bits per heavy atom. The lowest BCUT2D eigenvalue weighted by Crippen LogP contribution is -2.53. The quantitative estimate of drug-likeness (QED) is 0.197. The summed E-state index contributed by atoms with van der Waals surface area (Å²) in [6.07, 6.45) is 3.78. The highest BCUT2D eigenvalue weighted by atomic mass is 19.1.